The Morgan fingerprint density at radius 3 is 2.71 bits per heavy atom. The van der Waals surface area contributed by atoms with E-state index in [0.717, 1.165) is 0 Å². The Hall–Kier alpha value is -2.83. The second kappa shape index (κ2) is 5.28. The first-order valence-electron chi connectivity index (χ1n) is 6.09. The highest BCUT2D eigenvalue weighted by molar-refractivity contribution is 5.86. The quantitative estimate of drug-likeness (QED) is 0.716. The number of alkyl halides is 2. The SMILES string of the molecule is Nc1cccc2oc(Nc3ccccc3OC(F)F)nc12. The highest BCUT2D eigenvalue weighted by Gasteiger charge is 2.12. The first kappa shape index (κ1) is 13.2. The van der Waals surface area contributed by atoms with Crippen molar-refractivity contribution in [1.82, 2.24) is 4.98 Å². The Morgan fingerprint density at radius 1 is 1.14 bits per heavy atom. The van der Waals surface area contributed by atoms with Gasteiger partial charge in [0.25, 0.3) is 6.01 Å². The predicted molar refractivity (Wildman–Crippen MR) is 74.8 cm³/mol. The number of nitrogens with zero attached hydrogens (tertiary/aromatic N) is 1. The van der Waals surface area contributed by atoms with E-state index in [0.29, 0.717) is 22.5 Å². The Labute approximate surface area is 118 Å². The van der Waals surface area contributed by atoms with E-state index in [1.165, 1.54) is 6.07 Å². The van der Waals surface area contributed by atoms with Gasteiger partial charge in [-0.05, 0) is 24.3 Å². The van der Waals surface area contributed by atoms with Crippen LogP contribution in [0.4, 0.5) is 26.2 Å². The summed E-state index contributed by atoms with van der Waals surface area (Å²) < 4.78 is 34.6. The molecule has 0 radical (unpaired) electrons. The third kappa shape index (κ3) is 2.71. The zero-order chi connectivity index (χ0) is 14.8. The summed E-state index contributed by atoms with van der Waals surface area (Å²) in [4.78, 5) is 4.18. The van der Waals surface area contributed by atoms with Crippen LogP contribution < -0.4 is 15.8 Å². The van der Waals surface area contributed by atoms with Crippen molar-refractivity contribution in [2.45, 2.75) is 6.61 Å². The molecule has 0 spiro atoms. The second-order valence-corrected chi connectivity index (χ2v) is 4.21. The first-order valence-corrected chi connectivity index (χ1v) is 6.09. The van der Waals surface area contributed by atoms with Gasteiger partial charge in [0.1, 0.15) is 11.3 Å². The molecule has 7 heteroatoms. The van der Waals surface area contributed by atoms with Crippen LogP contribution in [-0.2, 0) is 0 Å². The van der Waals surface area contributed by atoms with Gasteiger partial charge in [0.15, 0.2) is 5.58 Å². The van der Waals surface area contributed by atoms with Gasteiger partial charge >= 0.3 is 6.61 Å². The molecule has 21 heavy (non-hydrogen) atoms. The Morgan fingerprint density at radius 2 is 1.95 bits per heavy atom. The van der Waals surface area contributed by atoms with E-state index in [1.807, 2.05) is 0 Å². The maximum absolute atomic E-state index is 12.4. The summed E-state index contributed by atoms with van der Waals surface area (Å²) >= 11 is 0. The van der Waals surface area contributed by atoms with Crippen molar-refractivity contribution in [2.24, 2.45) is 0 Å². The summed E-state index contributed by atoms with van der Waals surface area (Å²) in [6.07, 6.45) is 0. The third-order valence-electron chi connectivity index (χ3n) is 2.79. The molecule has 0 unspecified atom stereocenters. The van der Waals surface area contributed by atoms with Crippen LogP contribution in [0.5, 0.6) is 5.75 Å². The maximum Gasteiger partial charge on any atom is 0.387 e. The minimum Gasteiger partial charge on any atom is -0.433 e. The molecule has 2 aromatic carbocycles. The molecular formula is C14H11F2N3O2. The minimum absolute atomic E-state index is 0.00253. The van der Waals surface area contributed by atoms with Gasteiger partial charge < -0.3 is 20.2 Å². The van der Waals surface area contributed by atoms with Crippen molar-refractivity contribution in [2.75, 3.05) is 11.1 Å². The van der Waals surface area contributed by atoms with Crippen LogP contribution in [0.1, 0.15) is 0 Å². The molecule has 0 amide bonds. The molecule has 1 aromatic heterocycles. The van der Waals surface area contributed by atoms with Crippen LogP contribution in [0, 0.1) is 0 Å². The molecule has 0 atom stereocenters. The fourth-order valence-electron chi connectivity index (χ4n) is 1.91. The summed E-state index contributed by atoms with van der Waals surface area (Å²) in [5, 5.41) is 2.80. The van der Waals surface area contributed by atoms with Gasteiger partial charge in [-0.3, -0.25) is 0 Å². The number of rotatable bonds is 4. The molecule has 3 aromatic rings. The molecule has 5 nitrogen and oxygen atoms in total. The van der Waals surface area contributed by atoms with Crippen molar-refractivity contribution in [1.29, 1.82) is 0 Å². The van der Waals surface area contributed by atoms with Gasteiger partial charge in [-0.25, -0.2) is 0 Å². The van der Waals surface area contributed by atoms with Crippen LogP contribution in [0.2, 0.25) is 0 Å². The lowest BCUT2D eigenvalue weighted by molar-refractivity contribution is -0.0493. The van der Waals surface area contributed by atoms with Crippen molar-refractivity contribution in [3.05, 3.63) is 42.5 Å². The molecule has 0 aliphatic rings. The molecule has 1 heterocycles. The fourth-order valence-corrected chi connectivity index (χ4v) is 1.91. The summed E-state index contributed by atoms with van der Waals surface area (Å²) in [6, 6.07) is 11.6. The summed E-state index contributed by atoms with van der Waals surface area (Å²) in [5.74, 6) is 0.00253. The second-order valence-electron chi connectivity index (χ2n) is 4.21. The third-order valence-corrected chi connectivity index (χ3v) is 2.79. The number of fused-ring (bicyclic) bond motifs is 1. The van der Waals surface area contributed by atoms with Crippen molar-refractivity contribution in [3.63, 3.8) is 0 Å². The molecule has 0 saturated heterocycles. The number of nitrogen functional groups attached to an aromatic ring is 1. The number of hydrogen-bond acceptors (Lipinski definition) is 5. The number of nitrogens with one attached hydrogen (secondary N) is 1. The average Bonchev–Trinajstić information content (AvgIpc) is 2.84. The van der Waals surface area contributed by atoms with Gasteiger partial charge in [0.05, 0.1) is 11.4 Å². The molecule has 0 bridgehead atoms. The number of benzene rings is 2. The van der Waals surface area contributed by atoms with Crippen LogP contribution in [0.25, 0.3) is 11.1 Å². The van der Waals surface area contributed by atoms with Crippen LogP contribution in [-0.4, -0.2) is 11.6 Å². The van der Waals surface area contributed by atoms with Gasteiger partial charge in [-0.15, -0.1) is 0 Å². The van der Waals surface area contributed by atoms with Gasteiger partial charge in [-0.1, -0.05) is 18.2 Å². The van der Waals surface area contributed by atoms with Crippen LogP contribution in [0.15, 0.2) is 46.9 Å². The summed E-state index contributed by atoms with van der Waals surface area (Å²) in [5.41, 5.74) is 7.59. The van der Waals surface area contributed by atoms with Crippen molar-refractivity contribution in [3.8, 4) is 5.75 Å². The summed E-state index contributed by atoms with van der Waals surface area (Å²) in [6.45, 7) is -2.91. The van der Waals surface area contributed by atoms with E-state index in [-0.39, 0.29) is 11.8 Å². The largest absolute Gasteiger partial charge is 0.433 e. The van der Waals surface area contributed by atoms with E-state index < -0.39 is 6.61 Å². The normalized spacial score (nSPS) is 11.0. The van der Waals surface area contributed by atoms with Gasteiger partial charge in [0, 0.05) is 0 Å². The molecule has 3 rings (SSSR count). The molecule has 3 N–H and O–H groups in total. The van der Waals surface area contributed by atoms with Crippen molar-refractivity contribution < 1.29 is 17.9 Å². The number of nitrogens with two attached hydrogens (primary N) is 1. The predicted octanol–water partition coefficient (Wildman–Crippen LogP) is 3.76. The lowest BCUT2D eigenvalue weighted by Gasteiger charge is -2.09. The van der Waals surface area contributed by atoms with E-state index in [2.05, 4.69) is 15.0 Å². The standard InChI is InChI=1S/C14H11F2N3O2/c15-13(16)20-10-6-2-1-5-9(10)18-14-19-12-8(17)4-3-7-11(12)21-14/h1-7,13H,17H2,(H,18,19). The monoisotopic (exact) mass is 291 g/mol. The molecule has 108 valence electrons. The first-order chi connectivity index (χ1) is 10.1. The number of para-hydroxylation sites is 3. The average molecular weight is 291 g/mol. The van der Waals surface area contributed by atoms with Gasteiger partial charge in [0.2, 0.25) is 0 Å². The highest BCUT2D eigenvalue weighted by atomic mass is 19.3. The number of halogens is 2. The molecule has 0 fully saturated rings. The number of hydrogen-bond donors (Lipinski definition) is 2. The minimum atomic E-state index is -2.91. The molecular weight excluding hydrogens is 280 g/mol. The number of ether oxygens (including phenoxy) is 1. The highest BCUT2D eigenvalue weighted by Crippen LogP contribution is 2.30. The van der Waals surface area contributed by atoms with E-state index in [9.17, 15) is 8.78 Å². The van der Waals surface area contributed by atoms with Gasteiger partial charge in [-0.2, -0.15) is 13.8 Å². The Balaban J connectivity index is 1.93. The topological polar surface area (TPSA) is 73.3 Å². The molecule has 0 aliphatic heterocycles. The maximum atomic E-state index is 12.4. The Kier molecular flexibility index (Phi) is 3.31. The van der Waals surface area contributed by atoms with E-state index >= 15 is 0 Å². The summed E-state index contributed by atoms with van der Waals surface area (Å²) in [7, 11) is 0. The number of anilines is 3. The molecule has 0 aliphatic carbocycles. The lowest BCUT2D eigenvalue weighted by atomic mass is 10.3. The van der Waals surface area contributed by atoms with Crippen molar-refractivity contribution >= 4 is 28.5 Å². The zero-order valence-electron chi connectivity index (χ0n) is 10.7. The zero-order valence-corrected chi connectivity index (χ0v) is 10.7. The number of aromatic nitrogens is 1. The molecule has 0 saturated carbocycles. The van der Waals surface area contributed by atoms with Crippen LogP contribution in [0.3, 0.4) is 0 Å². The van der Waals surface area contributed by atoms with E-state index in [1.54, 1.807) is 36.4 Å². The lowest BCUT2D eigenvalue weighted by Crippen LogP contribution is -2.04. The smallest absolute Gasteiger partial charge is 0.387 e. The number of oxazole rings is 1. The van der Waals surface area contributed by atoms with Crippen LogP contribution >= 0.6 is 0 Å². The fraction of sp³-hybridized carbons (Fsp3) is 0.0714. The van der Waals surface area contributed by atoms with E-state index in [4.69, 9.17) is 10.2 Å². The Bertz CT molecular complexity index is 774.